The minimum absolute atomic E-state index is 0.0213. The summed E-state index contributed by atoms with van der Waals surface area (Å²) in [6.07, 6.45) is 1.17. The van der Waals surface area contributed by atoms with Crippen LogP contribution >= 0.6 is 0 Å². The highest BCUT2D eigenvalue weighted by molar-refractivity contribution is 5.77. The Balaban J connectivity index is 0.000000504. The van der Waals surface area contributed by atoms with Crippen LogP contribution in [0.1, 0.15) is 50.7 Å². The van der Waals surface area contributed by atoms with E-state index in [1.54, 1.807) is 6.92 Å². The van der Waals surface area contributed by atoms with E-state index in [0.29, 0.717) is 5.92 Å². The van der Waals surface area contributed by atoms with Crippen LogP contribution in [-0.2, 0) is 20.8 Å². The quantitative estimate of drug-likeness (QED) is 0.561. The van der Waals surface area contributed by atoms with E-state index in [2.05, 4.69) is 13.8 Å². The zero-order valence-electron chi connectivity index (χ0n) is 14.9. The highest BCUT2D eigenvalue weighted by Crippen LogP contribution is 2.17. The first-order valence-corrected chi connectivity index (χ1v) is 8.12. The van der Waals surface area contributed by atoms with Crippen LogP contribution in [0.25, 0.3) is 0 Å². The number of carboxylic acids is 2. The van der Waals surface area contributed by atoms with Crippen molar-refractivity contribution in [2.24, 2.45) is 17.4 Å². The maximum Gasteiger partial charge on any atom is 0.320 e. The van der Waals surface area contributed by atoms with Crippen LogP contribution in [0.4, 0.5) is 0 Å². The molecule has 0 bridgehead atoms. The van der Waals surface area contributed by atoms with Crippen molar-refractivity contribution in [1.29, 1.82) is 0 Å². The smallest absolute Gasteiger partial charge is 0.320 e. The molecule has 0 fully saturated rings. The molecule has 0 aliphatic carbocycles. The first kappa shape index (κ1) is 22.6. The number of rotatable bonds is 8. The number of benzene rings is 1. The van der Waals surface area contributed by atoms with E-state index in [9.17, 15) is 14.4 Å². The summed E-state index contributed by atoms with van der Waals surface area (Å²) >= 11 is 0. The molecule has 0 aromatic heterocycles. The molecule has 2 atom stereocenters. The molecule has 7 nitrogen and oxygen atoms in total. The number of aliphatic carboxylic acids is 2. The molecule has 0 aliphatic rings. The maximum atomic E-state index is 10.8. The molecule has 25 heavy (non-hydrogen) atoms. The number of carboxylic acid groups (broad SMARTS) is 2. The SMILES string of the molecule is CC(C)Cc1ccc([C@@H](C)C(=O)O)cc1.NC(=O)CC[C@@H](N)C(=O)O. The van der Waals surface area contributed by atoms with E-state index in [4.69, 9.17) is 21.7 Å². The molecule has 0 spiro atoms. The summed E-state index contributed by atoms with van der Waals surface area (Å²) in [5.41, 5.74) is 12.0. The summed E-state index contributed by atoms with van der Waals surface area (Å²) in [5, 5.41) is 17.1. The molecule has 6 N–H and O–H groups in total. The summed E-state index contributed by atoms with van der Waals surface area (Å²) in [4.78, 5) is 30.9. The second-order valence-electron chi connectivity index (χ2n) is 6.35. The van der Waals surface area contributed by atoms with Gasteiger partial charge in [0.2, 0.25) is 5.91 Å². The molecule has 7 heteroatoms. The van der Waals surface area contributed by atoms with Crippen molar-refractivity contribution in [1.82, 2.24) is 0 Å². The zero-order valence-corrected chi connectivity index (χ0v) is 14.9. The van der Waals surface area contributed by atoms with Gasteiger partial charge in [-0.15, -0.1) is 0 Å². The Morgan fingerprint density at radius 2 is 1.52 bits per heavy atom. The second-order valence-corrected chi connectivity index (χ2v) is 6.35. The molecule has 1 rings (SSSR count). The molecule has 0 unspecified atom stereocenters. The average molecular weight is 352 g/mol. The number of hydrogen-bond donors (Lipinski definition) is 4. The topological polar surface area (TPSA) is 144 Å². The van der Waals surface area contributed by atoms with E-state index < -0.39 is 29.8 Å². The van der Waals surface area contributed by atoms with E-state index in [1.807, 2.05) is 24.3 Å². The molecule has 1 aromatic rings. The standard InChI is InChI=1S/C13H18O2.C5H10N2O3/c1-9(2)8-11-4-6-12(7-5-11)10(3)13(14)15;6-3(5(9)10)1-2-4(7)8/h4-7,9-10H,8H2,1-3H3,(H,14,15);3H,1-2,6H2,(H2,7,8)(H,9,10)/t10-;3-/m11/s1. The van der Waals surface area contributed by atoms with Gasteiger partial charge in [-0.25, -0.2) is 0 Å². The number of hydrogen-bond acceptors (Lipinski definition) is 4. The molecule has 140 valence electrons. The number of nitrogens with two attached hydrogens (primary N) is 2. The molecule has 0 saturated heterocycles. The van der Waals surface area contributed by atoms with Gasteiger partial charge < -0.3 is 21.7 Å². The fraction of sp³-hybridized carbons (Fsp3) is 0.500. The van der Waals surface area contributed by atoms with Gasteiger partial charge in [-0.05, 0) is 36.8 Å². The number of amides is 1. The van der Waals surface area contributed by atoms with Gasteiger partial charge in [0.1, 0.15) is 6.04 Å². The predicted octanol–water partition coefficient (Wildman–Crippen LogP) is 1.74. The molecular formula is C18H28N2O5. The minimum Gasteiger partial charge on any atom is -0.481 e. The van der Waals surface area contributed by atoms with Crippen molar-refractivity contribution in [3.05, 3.63) is 35.4 Å². The lowest BCUT2D eigenvalue weighted by Crippen LogP contribution is -2.31. The molecule has 0 radical (unpaired) electrons. The van der Waals surface area contributed by atoms with Crippen molar-refractivity contribution < 1.29 is 24.6 Å². The van der Waals surface area contributed by atoms with Crippen molar-refractivity contribution in [3.63, 3.8) is 0 Å². The molecule has 1 amide bonds. The summed E-state index contributed by atoms with van der Waals surface area (Å²) in [6.45, 7) is 6.06. The van der Waals surface area contributed by atoms with Crippen molar-refractivity contribution >= 4 is 17.8 Å². The van der Waals surface area contributed by atoms with Crippen LogP contribution in [0.2, 0.25) is 0 Å². The highest BCUT2D eigenvalue weighted by Gasteiger charge is 2.13. The monoisotopic (exact) mass is 352 g/mol. The maximum absolute atomic E-state index is 10.8. The fourth-order valence-electron chi connectivity index (χ4n) is 1.98. The van der Waals surface area contributed by atoms with Gasteiger partial charge in [0.15, 0.2) is 0 Å². The molecule has 0 heterocycles. The first-order chi connectivity index (χ1) is 11.5. The van der Waals surface area contributed by atoms with Gasteiger partial charge >= 0.3 is 11.9 Å². The van der Waals surface area contributed by atoms with Gasteiger partial charge in [0, 0.05) is 6.42 Å². The van der Waals surface area contributed by atoms with Crippen LogP contribution < -0.4 is 11.5 Å². The normalized spacial score (nSPS) is 12.7. The summed E-state index contributed by atoms with van der Waals surface area (Å²) < 4.78 is 0. The predicted molar refractivity (Wildman–Crippen MR) is 95.1 cm³/mol. The van der Waals surface area contributed by atoms with Crippen LogP contribution in [-0.4, -0.2) is 34.1 Å². The van der Waals surface area contributed by atoms with Crippen LogP contribution in [0.5, 0.6) is 0 Å². The summed E-state index contributed by atoms with van der Waals surface area (Å²) in [5.74, 6) is -2.20. The van der Waals surface area contributed by atoms with Crippen molar-refractivity contribution in [2.45, 2.75) is 52.0 Å². The highest BCUT2D eigenvalue weighted by atomic mass is 16.4. The molecule has 0 saturated carbocycles. The summed E-state index contributed by atoms with van der Waals surface area (Å²) in [6, 6.07) is 6.89. The summed E-state index contributed by atoms with van der Waals surface area (Å²) in [7, 11) is 0. The lowest BCUT2D eigenvalue weighted by molar-refractivity contribution is -0.139. The average Bonchev–Trinajstić information content (AvgIpc) is 2.52. The second kappa shape index (κ2) is 11.2. The third kappa shape index (κ3) is 10.1. The lowest BCUT2D eigenvalue weighted by Gasteiger charge is -2.09. The van der Waals surface area contributed by atoms with E-state index in [0.717, 1.165) is 12.0 Å². The lowest BCUT2D eigenvalue weighted by atomic mass is 9.97. The van der Waals surface area contributed by atoms with Crippen LogP contribution in [0.15, 0.2) is 24.3 Å². The van der Waals surface area contributed by atoms with Crippen molar-refractivity contribution in [3.8, 4) is 0 Å². The number of carbonyl (C=O) groups excluding carboxylic acids is 1. The zero-order chi connectivity index (χ0) is 19.6. The minimum atomic E-state index is -1.11. The Bertz CT molecular complexity index is 569. The van der Waals surface area contributed by atoms with Crippen LogP contribution in [0, 0.1) is 5.92 Å². The van der Waals surface area contributed by atoms with E-state index in [1.165, 1.54) is 5.56 Å². The fourth-order valence-corrected chi connectivity index (χ4v) is 1.98. The van der Waals surface area contributed by atoms with Gasteiger partial charge in [0.05, 0.1) is 5.92 Å². The van der Waals surface area contributed by atoms with Gasteiger partial charge in [0.25, 0.3) is 0 Å². The Kier molecular flexibility index (Phi) is 10.1. The van der Waals surface area contributed by atoms with E-state index in [-0.39, 0.29) is 12.8 Å². The molecular weight excluding hydrogens is 324 g/mol. The number of carbonyl (C=O) groups is 3. The van der Waals surface area contributed by atoms with Crippen molar-refractivity contribution in [2.75, 3.05) is 0 Å². The first-order valence-electron chi connectivity index (χ1n) is 8.12. The van der Waals surface area contributed by atoms with Crippen LogP contribution in [0.3, 0.4) is 0 Å². The third-order valence-electron chi connectivity index (χ3n) is 3.51. The Morgan fingerprint density at radius 3 is 1.88 bits per heavy atom. The van der Waals surface area contributed by atoms with Gasteiger partial charge in [-0.2, -0.15) is 0 Å². The van der Waals surface area contributed by atoms with Gasteiger partial charge in [-0.3, -0.25) is 14.4 Å². The largest absolute Gasteiger partial charge is 0.481 e. The number of primary amides is 1. The molecule has 1 aromatic carbocycles. The third-order valence-corrected chi connectivity index (χ3v) is 3.51. The van der Waals surface area contributed by atoms with E-state index >= 15 is 0 Å². The van der Waals surface area contributed by atoms with Gasteiger partial charge in [-0.1, -0.05) is 38.1 Å². The molecule has 0 aliphatic heterocycles. The Morgan fingerprint density at radius 1 is 1.00 bits per heavy atom. The Hall–Kier alpha value is -2.41. The Labute approximate surface area is 148 Å².